The third-order valence-electron chi connectivity index (χ3n) is 3.03. The first-order valence-electron chi connectivity index (χ1n) is 6.31. The molecule has 0 radical (unpaired) electrons. The van der Waals surface area contributed by atoms with Crippen molar-refractivity contribution in [1.82, 2.24) is 0 Å². The number of anilines is 2. The van der Waals surface area contributed by atoms with E-state index in [9.17, 15) is 0 Å². The van der Waals surface area contributed by atoms with Crippen molar-refractivity contribution in [2.75, 3.05) is 10.6 Å². The zero-order valence-corrected chi connectivity index (χ0v) is 11.2. The molecule has 0 saturated carbocycles. The molecule has 2 heteroatoms. The monoisotopic (exact) mass is 240 g/mol. The van der Waals surface area contributed by atoms with Gasteiger partial charge in [0, 0.05) is 11.4 Å². The van der Waals surface area contributed by atoms with Gasteiger partial charge in [-0.3, -0.25) is 0 Å². The van der Waals surface area contributed by atoms with E-state index in [1.807, 2.05) is 0 Å². The molecular weight excluding hydrogens is 220 g/mol. The molecule has 18 heavy (non-hydrogen) atoms. The maximum atomic E-state index is 3.47. The lowest BCUT2D eigenvalue weighted by molar-refractivity contribution is 0.911. The van der Waals surface area contributed by atoms with E-state index in [0.717, 1.165) is 0 Å². The SMILES string of the molecule is Cc1ccccc1NC(C)Nc1ccccc1C. The van der Waals surface area contributed by atoms with Gasteiger partial charge in [0.05, 0.1) is 6.17 Å². The molecule has 0 atom stereocenters. The molecule has 0 amide bonds. The predicted molar refractivity (Wildman–Crippen MR) is 79.1 cm³/mol. The van der Waals surface area contributed by atoms with Crippen LogP contribution >= 0.6 is 0 Å². The molecule has 2 nitrogen and oxygen atoms in total. The molecule has 0 aliphatic heterocycles. The van der Waals surface area contributed by atoms with Gasteiger partial charge in [0.15, 0.2) is 0 Å². The summed E-state index contributed by atoms with van der Waals surface area (Å²) in [6.07, 6.45) is 0.187. The molecule has 2 aromatic rings. The summed E-state index contributed by atoms with van der Waals surface area (Å²) in [5.41, 5.74) is 4.86. The van der Waals surface area contributed by atoms with Crippen LogP contribution in [0.5, 0.6) is 0 Å². The Hall–Kier alpha value is -1.96. The summed E-state index contributed by atoms with van der Waals surface area (Å²) in [6.45, 7) is 6.35. The van der Waals surface area contributed by atoms with Gasteiger partial charge in [-0.05, 0) is 44.0 Å². The molecular formula is C16H20N2. The number of hydrogen-bond donors (Lipinski definition) is 2. The van der Waals surface area contributed by atoms with Crippen LogP contribution in [-0.4, -0.2) is 6.17 Å². The molecule has 0 aliphatic rings. The Balaban J connectivity index is 2.04. The highest BCUT2D eigenvalue weighted by molar-refractivity contribution is 5.55. The maximum absolute atomic E-state index is 3.47. The first kappa shape index (κ1) is 12.5. The van der Waals surface area contributed by atoms with E-state index in [2.05, 4.69) is 79.9 Å². The second-order valence-electron chi connectivity index (χ2n) is 4.64. The molecule has 2 rings (SSSR count). The molecule has 0 aliphatic carbocycles. The van der Waals surface area contributed by atoms with Crippen LogP contribution in [-0.2, 0) is 0 Å². The van der Waals surface area contributed by atoms with Gasteiger partial charge >= 0.3 is 0 Å². The number of hydrogen-bond acceptors (Lipinski definition) is 2. The van der Waals surface area contributed by atoms with Crippen LogP contribution in [0.3, 0.4) is 0 Å². The molecule has 0 spiro atoms. The summed E-state index contributed by atoms with van der Waals surface area (Å²) in [6, 6.07) is 16.6. The van der Waals surface area contributed by atoms with Crippen molar-refractivity contribution in [1.29, 1.82) is 0 Å². The van der Waals surface area contributed by atoms with E-state index in [1.54, 1.807) is 0 Å². The van der Waals surface area contributed by atoms with Crippen LogP contribution in [0, 0.1) is 13.8 Å². The standard InChI is InChI=1S/C16H20N2/c1-12-8-4-6-10-15(12)17-14(3)18-16-11-7-5-9-13(16)2/h4-11,14,17-18H,1-3H3. The van der Waals surface area contributed by atoms with Gasteiger partial charge in [0.1, 0.15) is 0 Å². The topological polar surface area (TPSA) is 24.1 Å². The normalized spacial score (nSPS) is 10.4. The first-order valence-corrected chi connectivity index (χ1v) is 6.31. The third-order valence-corrected chi connectivity index (χ3v) is 3.03. The average Bonchev–Trinajstić information content (AvgIpc) is 2.35. The van der Waals surface area contributed by atoms with Gasteiger partial charge in [-0.2, -0.15) is 0 Å². The van der Waals surface area contributed by atoms with Gasteiger partial charge in [0.2, 0.25) is 0 Å². The number of para-hydroxylation sites is 2. The van der Waals surface area contributed by atoms with Crippen LogP contribution < -0.4 is 10.6 Å². The molecule has 0 heterocycles. The second-order valence-corrected chi connectivity index (χ2v) is 4.64. The van der Waals surface area contributed by atoms with E-state index in [-0.39, 0.29) is 6.17 Å². The molecule has 94 valence electrons. The molecule has 0 aromatic heterocycles. The van der Waals surface area contributed by atoms with E-state index in [1.165, 1.54) is 22.5 Å². The minimum absolute atomic E-state index is 0.187. The second kappa shape index (κ2) is 5.58. The van der Waals surface area contributed by atoms with Crippen molar-refractivity contribution < 1.29 is 0 Å². The maximum Gasteiger partial charge on any atom is 0.0934 e. The Morgan fingerprint density at radius 3 is 1.50 bits per heavy atom. The fraction of sp³-hybridized carbons (Fsp3) is 0.250. The fourth-order valence-corrected chi connectivity index (χ4v) is 1.97. The lowest BCUT2D eigenvalue weighted by atomic mass is 10.2. The highest BCUT2D eigenvalue weighted by atomic mass is 15.1. The van der Waals surface area contributed by atoms with Crippen molar-refractivity contribution in [3.63, 3.8) is 0 Å². The fourth-order valence-electron chi connectivity index (χ4n) is 1.97. The van der Waals surface area contributed by atoms with Crippen LogP contribution in [0.2, 0.25) is 0 Å². The highest BCUT2D eigenvalue weighted by Gasteiger charge is 2.04. The first-order chi connectivity index (χ1) is 8.66. The number of rotatable bonds is 4. The summed E-state index contributed by atoms with van der Waals surface area (Å²) >= 11 is 0. The summed E-state index contributed by atoms with van der Waals surface area (Å²) in [5, 5.41) is 6.95. The van der Waals surface area contributed by atoms with Crippen molar-refractivity contribution >= 4 is 11.4 Å². The molecule has 0 unspecified atom stereocenters. The quantitative estimate of drug-likeness (QED) is 0.784. The van der Waals surface area contributed by atoms with E-state index < -0.39 is 0 Å². The van der Waals surface area contributed by atoms with Gasteiger partial charge in [0.25, 0.3) is 0 Å². The minimum Gasteiger partial charge on any atom is -0.365 e. The predicted octanol–water partition coefficient (Wildman–Crippen LogP) is 4.17. The number of aryl methyl sites for hydroxylation is 2. The van der Waals surface area contributed by atoms with Gasteiger partial charge in [-0.25, -0.2) is 0 Å². The molecule has 0 fully saturated rings. The van der Waals surface area contributed by atoms with Gasteiger partial charge in [-0.15, -0.1) is 0 Å². The highest BCUT2D eigenvalue weighted by Crippen LogP contribution is 2.17. The van der Waals surface area contributed by atoms with Gasteiger partial charge in [-0.1, -0.05) is 36.4 Å². The Morgan fingerprint density at radius 2 is 1.11 bits per heavy atom. The summed E-state index contributed by atoms with van der Waals surface area (Å²) in [5.74, 6) is 0. The zero-order chi connectivity index (χ0) is 13.0. The van der Waals surface area contributed by atoms with Crippen molar-refractivity contribution in [3.8, 4) is 0 Å². The summed E-state index contributed by atoms with van der Waals surface area (Å²) in [7, 11) is 0. The van der Waals surface area contributed by atoms with Crippen molar-refractivity contribution in [2.45, 2.75) is 26.9 Å². The lowest BCUT2D eigenvalue weighted by Crippen LogP contribution is -2.25. The van der Waals surface area contributed by atoms with E-state index in [0.29, 0.717) is 0 Å². The Morgan fingerprint density at radius 1 is 0.722 bits per heavy atom. The van der Waals surface area contributed by atoms with Gasteiger partial charge < -0.3 is 10.6 Å². The van der Waals surface area contributed by atoms with Crippen LogP contribution in [0.15, 0.2) is 48.5 Å². The molecule has 2 aromatic carbocycles. The molecule has 2 N–H and O–H groups in total. The molecule has 0 saturated heterocycles. The number of benzene rings is 2. The van der Waals surface area contributed by atoms with Crippen LogP contribution in [0.4, 0.5) is 11.4 Å². The van der Waals surface area contributed by atoms with Crippen LogP contribution in [0.25, 0.3) is 0 Å². The Bertz CT molecular complexity index is 473. The lowest BCUT2D eigenvalue weighted by Gasteiger charge is -2.20. The van der Waals surface area contributed by atoms with Crippen LogP contribution in [0.1, 0.15) is 18.1 Å². The molecule has 0 bridgehead atoms. The Labute approximate surface area is 109 Å². The zero-order valence-electron chi connectivity index (χ0n) is 11.2. The summed E-state index contributed by atoms with van der Waals surface area (Å²) < 4.78 is 0. The smallest absolute Gasteiger partial charge is 0.0934 e. The largest absolute Gasteiger partial charge is 0.365 e. The van der Waals surface area contributed by atoms with E-state index >= 15 is 0 Å². The minimum atomic E-state index is 0.187. The Kier molecular flexibility index (Phi) is 3.88. The van der Waals surface area contributed by atoms with Crippen molar-refractivity contribution in [2.24, 2.45) is 0 Å². The average molecular weight is 240 g/mol. The number of nitrogens with one attached hydrogen (secondary N) is 2. The third kappa shape index (κ3) is 3.04. The van der Waals surface area contributed by atoms with E-state index in [4.69, 9.17) is 0 Å². The van der Waals surface area contributed by atoms with Crippen molar-refractivity contribution in [3.05, 3.63) is 59.7 Å². The summed E-state index contributed by atoms with van der Waals surface area (Å²) in [4.78, 5) is 0.